The van der Waals surface area contributed by atoms with Crippen molar-refractivity contribution in [2.75, 3.05) is 38.0 Å². The lowest BCUT2D eigenvalue weighted by Crippen LogP contribution is -3.15. The summed E-state index contributed by atoms with van der Waals surface area (Å²) in [5, 5.41) is 3.40. The summed E-state index contributed by atoms with van der Waals surface area (Å²) >= 11 is 5.93. The Hall–Kier alpha value is -1.93. The molecule has 0 radical (unpaired) electrons. The van der Waals surface area contributed by atoms with Gasteiger partial charge in [-0.25, -0.2) is 8.42 Å². The van der Waals surface area contributed by atoms with Crippen LogP contribution in [0.5, 0.6) is 0 Å². The van der Waals surface area contributed by atoms with Crippen LogP contribution in [0.1, 0.15) is 11.1 Å². The fourth-order valence-corrected chi connectivity index (χ4v) is 4.96. The van der Waals surface area contributed by atoms with E-state index in [1.807, 2.05) is 19.9 Å². The van der Waals surface area contributed by atoms with Gasteiger partial charge in [-0.05, 0) is 55.3 Å². The molecule has 6 nitrogen and oxygen atoms in total. The number of hydrogen-bond acceptors (Lipinski definition) is 3. The Morgan fingerprint density at radius 1 is 1.11 bits per heavy atom. The molecule has 1 aliphatic heterocycles. The highest BCUT2D eigenvalue weighted by molar-refractivity contribution is 7.89. The smallest absolute Gasteiger partial charge is 0.279 e. The van der Waals surface area contributed by atoms with Crippen LogP contribution in [0.15, 0.2) is 47.4 Å². The lowest BCUT2D eigenvalue weighted by atomic mass is 10.1. The topological polar surface area (TPSA) is 70.9 Å². The first-order valence-electron chi connectivity index (χ1n) is 9.22. The van der Waals surface area contributed by atoms with Gasteiger partial charge in [0.05, 0.1) is 31.1 Å². The number of carbonyl (C=O) groups is 1. The van der Waals surface area contributed by atoms with Crippen molar-refractivity contribution in [1.29, 1.82) is 0 Å². The molecule has 1 heterocycles. The first kappa shape index (κ1) is 20.8. The molecule has 0 aliphatic carbocycles. The van der Waals surface area contributed by atoms with Gasteiger partial charge in [0.2, 0.25) is 10.0 Å². The van der Waals surface area contributed by atoms with Crippen LogP contribution in [-0.2, 0) is 14.8 Å². The zero-order chi connectivity index (χ0) is 20.3. The predicted molar refractivity (Wildman–Crippen MR) is 110 cm³/mol. The van der Waals surface area contributed by atoms with Gasteiger partial charge in [-0.1, -0.05) is 23.7 Å². The van der Waals surface area contributed by atoms with E-state index >= 15 is 0 Å². The average molecular weight is 423 g/mol. The molecule has 1 amide bonds. The minimum atomic E-state index is -3.50. The number of nitrogens with zero attached hydrogens (tertiary/aromatic N) is 1. The molecule has 0 unspecified atom stereocenters. The number of quaternary nitrogens is 1. The fraction of sp³-hybridized carbons (Fsp3) is 0.350. The molecule has 0 bridgehead atoms. The number of aryl methyl sites for hydroxylation is 2. The second-order valence-electron chi connectivity index (χ2n) is 7.14. The number of carbonyl (C=O) groups excluding carboxylic acids is 1. The second-order valence-corrected chi connectivity index (χ2v) is 9.51. The van der Waals surface area contributed by atoms with E-state index in [0.29, 0.717) is 48.3 Å². The molecule has 0 saturated carbocycles. The number of rotatable bonds is 5. The van der Waals surface area contributed by atoms with E-state index in [0.717, 1.165) is 16.0 Å². The zero-order valence-corrected chi connectivity index (χ0v) is 17.6. The lowest BCUT2D eigenvalue weighted by Gasteiger charge is -2.31. The van der Waals surface area contributed by atoms with Crippen molar-refractivity contribution in [2.45, 2.75) is 18.7 Å². The summed E-state index contributed by atoms with van der Waals surface area (Å²) in [5.41, 5.74) is 2.69. The molecule has 1 saturated heterocycles. The standard InChI is InChI=1S/C20H24ClN3O3S/c1-15-6-7-19(12-16(15)2)28(26,27)24-10-8-23(9-11-24)14-20(25)22-18-5-3-4-17(21)13-18/h3-7,12-13H,8-11,14H2,1-2H3,(H,22,25)/p+1. The maximum Gasteiger partial charge on any atom is 0.279 e. The number of benzene rings is 2. The summed E-state index contributed by atoms with van der Waals surface area (Å²) in [6.07, 6.45) is 0. The molecule has 2 N–H and O–H groups in total. The van der Waals surface area contributed by atoms with Crippen LogP contribution in [0.2, 0.25) is 5.02 Å². The predicted octanol–water partition coefficient (Wildman–Crippen LogP) is 1.48. The molecule has 150 valence electrons. The highest BCUT2D eigenvalue weighted by Gasteiger charge is 2.31. The normalized spacial score (nSPS) is 16.1. The average Bonchev–Trinajstić information content (AvgIpc) is 2.64. The second kappa shape index (κ2) is 8.61. The van der Waals surface area contributed by atoms with Crippen molar-refractivity contribution in [3.05, 3.63) is 58.6 Å². The third-order valence-corrected chi connectivity index (χ3v) is 7.19. The third kappa shape index (κ3) is 4.91. The Bertz CT molecular complexity index is 970. The Kier molecular flexibility index (Phi) is 6.40. The van der Waals surface area contributed by atoms with Crippen LogP contribution < -0.4 is 10.2 Å². The summed E-state index contributed by atoms with van der Waals surface area (Å²) in [6, 6.07) is 12.2. The molecule has 8 heteroatoms. The number of hydrogen-bond donors (Lipinski definition) is 2. The molecule has 3 rings (SSSR count). The van der Waals surface area contributed by atoms with Gasteiger partial charge in [0.1, 0.15) is 0 Å². The molecule has 2 aromatic rings. The van der Waals surface area contributed by atoms with Gasteiger partial charge in [-0.2, -0.15) is 4.31 Å². The number of anilines is 1. The van der Waals surface area contributed by atoms with E-state index in [9.17, 15) is 13.2 Å². The number of piperazine rings is 1. The lowest BCUT2D eigenvalue weighted by molar-refractivity contribution is -0.895. The van der Waals surface area contributed by atoms with Crippen molar-refractivity contribution < 1.29 is 18.1 Å². The van der Waals surface area contributed by atoms with Crippen LogP contribution in [-0.4, -0.2) is 51.4 Å². The number of amides is 1. The number of nitrogens with one attached hydrogen (secondary N) is 2. The van der Waals surface area contributed by atoms with E-state index in [4.69, 9.17) is 11.6 Å². The van der Waals surface area contributed by atoms with Crippen molar-refractivity contribution in [3.8, 4) is 0 Å². The fourth-order valence-electron chi connectivity index (χ4n) is 3.24. The molecule has 2 aromatic carbocycles. The van der Waals surface area contributed by atoms with E-state index in [1.54, 1.807) is 36.4 Å². The summed E-state index contributed by atoms with van der Waals surface area (Å²) in [5.74, 6) is -0.109. The summed E-state index contributed by atoms with van der Waals surface area (Å²) in [6.45, 7) is 6.14. The van der Waals surface area contributed by atoms with E-state index in [2.05, 4.69) is 5.32 Å². The van der Waals surface area contributed by atoms with Gasteiger partial charge in [0.25, 0.3) is 5.91 Å². The van der Waals surface area contributed by atoms with Crippen molar-refractivity contribution in [2.24, 2.45) is 0 Å². The molecule has 28 heavy (non-hydrogen) atoms. The Morgan fingerprint density at radius 2 is 1.82 bits per heavy atom. The summed E-state index contributed by atoms with van der Waals surface area (Å²) in [4.78, 5) is 13.6. The SMILES string of the molecule is Cc1ccc(S(=O)(=O)N2CC[NH+](CC(=O)Nc3cccc(Cl)c3)CC2)cc1C. The first-order valence-corrected chi connectivity index (χ1v) is 11.0. The van der Waals surface area contributed by atoms with E-state index in [1.165, 1.54) is 4.31 Å². The Labute approximate surface area is 171 Å². The van der Waals surface area contributed by atoms with Crippen molar-refractivity contribution in [3.63, 3.8) is 0 Å². The van der Waals surface area contributed by atoms with Crippen molar-refractivity contribution >= 4 is 33.2 Å². The van der Waals surface area contributed by atoms with E-state index < -0.39 is 10.0 Å². The maximum absolute atomic E-state index is 12.9. The van der Waals surface area contributed by atoms with Gasteiger partial charge in [-0.3, -0.25) is 4.79 Å². The van der Waals surface area contributed by atoms with Crippen LogP contribution in [0.25, 0.3) is 0 Å². The van der Waals surface area contributed by atoms with Gasteiger partial charge in [-0.15, -0.1) is 0 Å². The Balaban J connectivity index is 1.56. The third-order valence-electron chi connectivity index (χ3n) is 5.06. The molecule has 0 aromatic heterocycles. The number of sulfonamides is 1. The van der Waals surface area contributed by atoms with Gasteiger partial charge >= 0.3 is 0 Å². The largest absolute Gasteiger partial charge is 0.325 e. The van der Waals surface area contributed by atoms with Crippen LogP contribution in [0.4, 0.5) is 5.69 Å². The molecular weight excluding hydrogens is 398 g/mol. The quantitative estimate of drug-likeness (QED) is 0.766. The van der Waals surface area contributed by atoms with Crippen LogP contribution >= 0.6 is 11.6 Å². The minimum Gasteiger partial charge on any atom is -0.325 e. The molecule has 1 fully saturated rings. The van der Waals surface area contributed by atoms with Gasteiger partial charge < -0.3 is 10.2 Å². The minimum absolute atomic E-state index is 0.109. The van der Waals surface area contributed by atoms with Crippen LogP contribution in [0.3, 0.4) is 0 Å². The maximum atomic E-state index is 12.9. The highest BCUT2D eigenvalue weighted by Crippen LogP contribution is 2.19. The summed E-state index contributed by atoms with van der Waals surface area (Å²) < 4.78 is 27.3. The number of halogens is 1. The van der Waals surface area contributed by atoms with Crippen LogP contribution in [0, 0.1) is 13.8 Å². The Morgan fingerprint density at radius 3 is 2.46 bits per heavy atom. The molecule has 0 atom stereocenters. The van der Waals surface area contributed by atoms with Gasteiger partial charge in [0, 0.05) is 10.7 Å². The highest BCUT2D eigenvalue weighted by atomic mass is 35.5. The molecular formula is C20H25ClN3O3S+. The van der Waals surface area contributed by atoms with Crippen molar-refractivity contribution in [1.82, 2.24) is 4.31 Å². The monoisotopic (exact) mass is 422 g/mol. The first-order chi connectivity index (χ1) is 13.3. The van der Waals surface area contributed by atoms with E-state index in [-0.39, 0.29) is 5.91 Å². The summed E-state index contributed by atoms with van der Waals surface area (Å²) in [7, 11) is -3.50. The molecule has 0 spiro atoms. The zero-order valence-electron chi connectivity index (χ0n) is 16.0. The molecule has 1 aliphatic rings. The van der Waals surface area contributed by atoms with Gasteiger partial charge in [0.15, 0.2) is 6.54 Å².